The van der Waals surface area contributed by atoms with Gasteiger partial charge in [-0.1, -0.05) is 35.0 Å². The number of rotatable bonds is 7. The molecule has 0 aromatic heterocycles. The Morgan fingerprint density at radius 2 is 1.85 bits per heavy atom. The van der Waals surface area contributed by atoms with Crippen molar-refractivity contribution in [3.05, 3.63) is 58.1 Å². The van der Waals surface area contributed by atoms with E-state index in [-0.39, 0.29) is 23.5 Å². The molecule has 0 heterocycles. The van der Waals surface area contributed by atoms with E-state index < -0.39 is 9.84 Å². The van der Waals surface area contributed by atoms with Gasteiger partial charge in [0.15, 0.2) is 16.4 Å². The van der Waals surface area contributed by atoms with Gasteiger partial charge in [-0.25, -0.2) is 8.42 Å². The Balaban J connectivity index is 1.98. The minimum atomic E-state index is -3.23. The summed E-state index contributed by atoms with van der Waals surface area (Å²) < 4.78 is 29.6. The first-order valence-electron chi connectivity index (χ1n) is 8.19. The number of aryl methyl sites for hydroxylation is 1. The van der Waals surface area contributed by atoms with Gasteiger partial charge >= 0.3 is 0 Å². The Labute approximate surface area is 162 Å². The van der Waals surface area contributed by atoms with Crippen molar-refractivity contribution in [1.29, 1.82) is 0 Å². The number of hydrogen-bond acceptors (Lipinski definition) is 4. The van der Waals surface area contributed by atoms with Crippen LogP contribution in [-0.2, 0) is 14.6 Å². The molecule has 0 fully saturated rings. The molecule has 140 valence electrons. The SMILES string of the molecule is CCC(NC(=O)COc1ccc(Br)c(C)c1)c1ccc(S(C)(=O)=O)cc1. The van der Waals surface area contributed by atoms with E-state index in [1.54, 1.807) is 30.3 Å². The molecule has 2 aromatic rings. The number of ether oxygens (including phenoxy) is 1. The molecule has 0 aliphatic rings. The van der Waals surface area contributed by atoms with E-state index in [0.717, 1.165) is 15.6 Å². The highest BCUT2D eigenvalue weighted by atomic mass is 79.9. The predicted octanol–water partition coefficient (Wildman–Crippen LogP) is 3.81. The van der Waals surface area contributed by atoms with Crippen LogP contribution >= 0.6 is 15.9 Å². The molecule has 7 heteroatoms. The summed E-state index contributed by atoms with van der Waals surface area (Å²) in [6.07, 6.45) is 1.85. The van der Waals surface area contributed by atoms with Crippen LogP contribution < -0.4 is 10.1 Å². The second-order valence-electron chi connectivity index (χ2n) is 6.07. The Morgan fingerprint density at radius 1 is 1.19 bits per heavy atom. The summed E-state index contributed by atoms with van der Waals surface area (Å²) in [5, 5.41) is 2.91. The van der Waals surface area contributed by atoms with Gasteiger partial charge in [0.05, 0.1) is 10.9 Å². The van der Waals surface area contributed by atoms with Gasteiger partial charge in [-0.15, -0.1) is 0 Å². The van der Waals surface area contributed by atoms with Crippen molar-refractivity contribution in [3.63, 3.8) is 0 Å². The van der Waals surface area contributed by atoms with Crippen molar-refractivity contribution in [3.8, 4) is 5.75 Å². The Bertz CT molecular complexity index is 879. The molecule has 0 saturated heterocycles. The number of carbonyl (C=O) groups is 1. The van der Waals surface area contributed by atoms with Crippen LogP contribution in [0.1, 0.15) is 30.5 Å². The summed E-state index contributed by atoms with van der Waals surface area (Å²) in [6, 6.07) is 11.9. The first-order chi connectivity index (χ1) is 12.2. The monoisotopic (exact) mass is 439 g/mol. The molecule has 5 nitrogen and oxygen atoms in total. The largest absolute Gasteiger partial charge is 0.484 e. The third-order valence-corrected chi connectivity index (χ3v) is 5.97. The lowest BCUT2D eigenvalue weighted by atomic mass is 10.0. The molecule has 1 unspecified atom stereocenters. The lowest BCUT2D eigenvalue weighted by Crippen LogP contribution is -2.32. The van der Waals surface area contributed by atoms with Crippen molar-refractivity contribution < 1.29 is 17.9 Å². The average Bonchev–Trinajstić information content (AvgIpc) is 2.60. The fraction of sp³-hybridized carbons (Fsp3) is 0.316. The zero-order valence-electron chi connectivity index (χ0n) is 15.0. The Hall–Kier alpha value is -1.86. The first-order valence-corrected chi connectivity index (χ1v) is 10.9. The zero-order valence-corrected chi connectivity index (χ0v) is 17.4. The van der Waals surface area contributed by atoms with Gasteiger partial charge in [-0.3, -0.25) is 4.79 Å². The maximum absolute atomic E-state index is 12.2. The lowest BCUT2D eigenvalue weighted by molar-refractivity contribution is -0.123. The van der Waals surface area contributed by atoms with Crippen LogP contribution in [0.15, 0.2) is 51.8 Å². The zero-order chi connectivity index (χ0) is 19.3. The standard InChI is InChI=1S/C19H22BrNO4S/c1-4-18(14-5-8-16(9-6-14)26(3,23)24)21-19(22)12-25-15-7-10-17(20)13(2)11-15/h5-11,18H,4,12H2,1-3H3,(H,21,22). The van der Waals surface area contributed by atoms with E-state index in [1.807, 2.05) is 26.0 Å². The summed E-state index contributed by atoms with van der Waals surface area (Å²) in [4.78, 5) is 12.5. The minimum absolute atomic E-state index is 0.0843. The highest BCUT2D eigenvalue weighted by Gasteiger charge is 2.15. The smallest absolute Gasteiger partial charge is 0.258 e. The molecule has 0 radical (unpaired) electrons. The Kier molecular flexibility index (Phi) is 6.83. The number of carbonyl (C=O) groups excluding carboxylic acids is 1. The quantitative estimate of drug-likeness (QED) is 0.711. The fourth-order valence-corrected chi connectivity index (χ4v) is 3.34. The van der Waals surface area contributed by atoms with E-state index in [0.29, 0.717) is 12.2 Å². The maximum Gasteiger partial charge on any atom is 0.258 e. The van der Waals surface area contributed by atoms with E-state index >= 15 is 0 Å². The maximum atomic E-state index is 12.2. The van der Waals surface area contributed by atoms with Crippen molar-refractivity contribution >= 4 is 31.7 Å². The van der Waals surface area contributed by atoms with Crippen LogP contribution in [0.5, 0.6) is 5.75 Å². The van der Waals surface area contributed by atoms with E-state index in [4.69, 9.17) is 4.74 Å². The van der Waals surface area contributed by atoms with E-state index in [9.17, 15) is 13.2 Å². The average molecular weight is 440 g/mol. The molecule has 1 N–H and O–H groups in total. The van der Waals surface area contributed by atoms with Crippen molar-refractivity contribution in [2.75, 3.05) is 12.9 Å². The van der Waals surface area contributed by atoms with Gasteiger partial charge in [0.25, 0.3) is 5.91 Å². The normalized spacial score (nSPS) is 12.5. The molecule has 0 bridgehead atoms. The number of nitrogens with one attached hydrogen (secondary N) is 1. The molecule has 0 spiro atoms. The molecular weight excluding hydrogens is 418 g/mol. The Morgan fingerprint density at radius 3 is 2.38 bits per heavy atom. The van der Waals surface area contributed by atoms with Crippen molar-refractivity contribution in [1.82, 2.24) is 5.32 Å². The highest BCUT2D eigenvalue weighted by molar-refractivity contribution is 9.10. The topological polar surface area (TPSA) is 72.5 Å². The summed E-state index contributed by atoms with van der Waals surface area (Å²) >= 11 is 3.42. The number of halogens is 1. The molecule has 0 aliphatic carbocycles. The van der Waals surface area contributed by atoms with Gasteiger partial charge in [-0.2, -0.15) is 0 Å². The lowest BCUT2D eigenvalue weighted by Gasteiger charge is -2.18. The van der Waals surface area contributed by atoms with Gasteiger partial charge < -0.3 is 10.1 Å². The molecular formula is C19H22BrNO4S. The van der Waals surface area contributed by atoms with Gasteiger partial charge in [0, 0.05) is 10.7 Å². The third-order valence-electron chi connectivity index (χ3n) is 3.95. The van der Waals surface area contributed by atoms with Crippen LogP contribution in [0.25, 0.3) is 0 Å². The van der Waals surface area contributed by atoms with E-state index in [1.165, 1.54) is 6.26 Å². The third kappa shape index (κ3) is 5.57. The molecule has 0 saturated carbocycles. The summed E-state index contributed by atoms with van der Waals surface area (Å²) in [7, 11) is -3.23. The second kappa shape index (κ2) is 8.68. The van der Waals surface area contributed by atoms with E-state index in [2.05, 4.69) is 21.2 Å². The molecule has 1 amide bonds. The molecule has 0 aliphatic heterocycles. The second-order valence-corrected chi connectivity index (χ2v) is 8.94. The summed E-state index contributed by atoms with van der Waals surface area (Å²) in [6.45, 7) is 3.82. The highest BCUT2D eigenvalue weighted by Crippen LogP contribution is 2.22. The van der Waals surface area contributed by atoms with Crippen LogP contribution in [0, 0.1) is 6.92 Å². The van der Waals surface area contributed by atoms with Crippen LogP contribution in [0.3, 0.4) is 0 Å². The van der Waals surface area contributed by atoms with Crippen molar-refractivity contribution in [2.45, 2.75) is 31.2 Å². The molecule has 2 aromatic carbocycles. The molecule has 2 rings (SSSR count). The minimum Gasteiger partial charge on any atom is -0.484 e. The van der Waals surface area contributed by atoms with Crippen LogP contribution in [0.4, 0.5) is 0 Å². The fourth-order valence-electron chi connectivity index (χ4n) is 2.46. The summed E-state index contributed by atoms with van der Waals surface area (Å²) in [5.41, 5.74) is 1.88. The van der Waals surface area contributed by atoms with Crippen molar-refractivity contribution in [2.24, 2.45) is 0 Å². The van der Waals surface area contributed by atoms with Gasteiger partial charge in [-0.05, 0) is 54.8 Å². The number of hydrogen-bond donors (Lipinski definition) is 1. The number of amides is 1. The van der Waals surface area contributed by atoms with Crippen LogP contribution in [0.2, 0.25) is 0 Å². The summed E-state index contributed by atoms with van der Waals surface area (Å²) in [5.74, 6) is 0.399. The van der Waals surface area contributed by atoms with Gasteiger partial charge in [0.2, 0.25) is 0 Å². The molecule has 1 atom stereocenters. The van der Waals surface area contributed by atoms with Crippen LogP contribution in [-0.4, -0.2) is 27.2 Å². The molecule has 26 heavy (non-hydrogen) atoms. The predicted molar refractivity (Wildman–Crippen MR) is 105 cm³/mol. The first kappa shape index (κ1) is 20.5. The van der Waals surface area contributed by atoms with Gasteiger partial charge in [0.1, 0.15) is 5.75 Å². The number of benzene rings is 2. The number of sulfone groups is 1.